The largest absolute Gasteiger partial charge is 0.470 e. The first-order valence-electron chi connectivity index (χ1n) is 12.8. The summed E-state index contributed by atoms with van der Waals surface area (Å²) in [6.45, 7) is -0.176. The predicted molar refractivity (Wildman–Crippen MR) is 133 cm³/mol. The summed E-state index contributed by atoms with van der Waals surface area (Å²) >= 11 is 0. The number of carbonyl (C=O) groups is 1. The lowest BCUT2D eigenvalue weighted by Gasteiger charge is -2.26. The molecule has 2 fully saturated rings. The van der Waals surface area contributed by atoms with Crippen molar-refractivity contribution in [3.05, 3.63) is 53.1 Å². The molecule has 5 heterocycles. The fourth-order valence-corrected chi connectivity index (χ4v) is 5.45. The first-order valence-corrected chi connectivity index (χ1v) is 12.8. The molecule has 2 aromatic heterocycles. The van der Waals surface area contributed by atoms with Crippen molar-refractivity contribution in [2.75, 3.05) is 32.9 Å². The van der Waals surface area contributed by atoms with Gasteiger partial charge in [0.25, 0.3) is 0 Å². The molecule has 41 heavy (non-hydrogen) atoms. The molecule has 0 radical (unpaired) electrons. The van der Waals surface area contributed by atoms with Crippen LogP contribution in [0.2, 0.25) is 0 Å². The van der Waals surface area contributed by atoms with E-state index in [2.05, 4.69) is 9.97 Å². The molecule has 1 unspecified atom stereocenters. The van der Waals surface area contributed by atoms with E-state index in [1.807, 2.05) is 0 Å². The Balaban J connectivity index is 1.33. The second-order valence-electron chi connectivity index (χ2n) is 10.1. The number of H-pyrrole nitrogens is 1. The topological polar surface area (TPSA) is 117 Å². The Hall–Kier alpha value is -3.59. The number of halogens is 5. The van der Waals surface area contributed by atoms with Gasteiger partial charge in [0, 0.05) is 19.2 Å². The number of amides is 1. The molecule has 218 valence electrons. The van der Waals surface area contributed by atoms with Crippen molar-refractivity contribution in [1.29, 1.82) is 0 Å². The van der Waals surface area contributed by atoms with Crippen LogP contribution in [-0.4, -0.2) is 88.3 Å². The van der Waals surface area contributed by atoms with Crippen LogP contribution in [0.5, 0.6) is 5.88 Å². The fraction of sp³-hybridized carbons (Fsp3) is 0.407. The van der Waals surface area contributed by atoms with Crippen LogP contribution in [0.3, 0.4) is 0 Å². The molecule has 3 aliphatic heterocycles. The molecule has 1 amide bonds. The molecule has 3 aromatic rings. The summed E-state index contributed by atoms with van der Waals surface area (Å²) in [6.07, 6.45) is -5.77. The third-order valence-corrected chi connectivity index (χ3v) is 7.49. The highest BCUT2D eigenvalue weighted by Gasteiger charge is 2.48. The average molecular weight is 581 g/mol. The van der Waals surface area contributed by atoms with Gasteiger partial charge in [-0.15, -0.1) is 0 Å². The van der Waals surface area contributed by atoms with E-state index in [9.17, 15) is 23.1 Å². The van der Waals surface area contributed by atoms with Crippen LogP contribution in [0, 0.1) is 11.6 Å². The zero-order valence-electron chi connectivity index (χ0n) is 21.3. The van der Waals surface area contributed by atoms with Crippen LogP contribution in [0.1, 0.15) is 17.5 Å². The Kier molecular flexibility index (Phi) is 6.96. The number of benzene rings is 1. The summed E-state index contributed by atoms with van der Waals surface area (Å²) in [5.74, 6) is -2.90. The minimum Gasteiger partial charge on any atom is -0.470 e. The zero-order chi connectivity index (χ0) is 29.1. The molecule has 4 atom stereocenters. The molecule has 0 aliphatic carbocycles. The molecule has 14 heteroatoms. The first kappa shape index (κ1) is 27.6. The van der Waals surface area contributed by atoms with Gasteiger partial charge in [-0.3, -0.25) is 4.79 Å². The van der Waals surface area contributed by atoms with Crippen LogP contribution in [0.25, 0.3) is 27.9 Å². The molecule has 3 N–H and O–H groups in total. The van der Waals surface area contributed by atoms with Gasteiger partial charge >= 0.3 is 6.18 Å². The van der Waals surface area contributed by atoms with Crippen LogP contribution in [0.4, 0.5) is 22.0 Å². The van der Waals surface area contributed by atoms with Gasteiger partial charge in [-0.25, -0.2) is 13.8 Å². The number of hydrogen-bond acceptors (Lipinski definition) is 7. The molecule has 0 bridgehead atoms. The van der Waals surface area contributed by atoms with Crippen molar-refractivity contribution in [3.8, 4) is 17.1 Å². The van der Waals surface area contributed by atoms with Gasteiger partial charge in [-0.1, -0.05) is 6.08 Å². The Morgan fingerprint density at radius 2 is 1.85 bits per heavy atom. The number of hydrogen-bond donors (Lipinski definition) is 3. The molecule has 0 saturated carbocycles. The molecule has 2 saturated heterocycles. The number of aliphatic hydroxyl groups excluding tert-OH is 2. The maximum atomic E-state index is 15.4. The van der Waals surface area contributed by atoms with Crippen LogP contribution < -0.4 is 4.74 Å². The van der Waals surface area contributed by atoms with Crippen LogP contribution >= 0.6 is 0 Å². The van der Waals surface area contributed by atoms with E-state index in [0.29, 0.717) is 5.57 Å². The maximum absolute atomic E-state index is 15.4. The van der Waals surface area contributed by atoms with Gasteiger partial charge < -0.3 is 34.3 Å². The molecule has 1 aromatic carbocycles. The summed E-state index contributed by atoms with van der Waals surface area (Å²) in [5.41, 5.74) is -2.63. The van der Waals surface area contributed by atoms with Crippen molar-refractivity contribution in [3.63, 3.8) is 0 Å². The fourth-order valence-electron chi connectivity index (χ4n) is 5.45. The number of nitrogens with one attached hydrogen (secondary N) is 1. The number of aromatic nitrogens is 2. The monoisotopic (exact) mass is 581 g/mol. The number of aromatic amines is 1. The Labute approximate surface area is 229 Å². The number of ether oxygens (including phenoxy) is 3. The minimum atomic E-state index is -4.99. The summed E-state index contributed by atoms with van der Waals surface area (Å²) in [5, 5.41) is 18.9. The first-order chi connectivity index (χ1) is 19.5. The lowest BCUT2D eigenvalue weighted by molar-refractivity contribution is -0.137. The number of nitrogens with zero attached hydrogens (tertiary/aromatic N) is 2. The molecule has 0 spiro atoms. The summed E-state index contributed by atoms with van der Waals surface area (Å²) in [6, 6.07) is 3.92. The summed E-state index contributed by atoms with van der Waals surface area (Å²) in [4.78, 5) is 19.7. The second-order valence-corrected chi connectivity index (χ2v) is 10.1. The van der Waals surface area contributed by atoms with E-state index in [4.69, 9.17) is 19.3 Å². The van der Waals surface area contributed by atoms with E-state index < -0.39 is 71.6 Å². The highest BCUT2D eigenvalue weighted by atomic mass is 19.4. The van der Waals surface area contributed by atoms with Crippen LogP contribution in [-0.2, 0) is 20.4 Å². The quantitative estimate of drug-likeness (QED) is 0.397. The molecular formula is C27H24F5N3O6. The Bertz CT molecular complexity index is 1520. The van der Waals surface area contributed by atoms with E-state index in [1.165, 1.54) is 11.0 Å². The lowest BCUT2D eigenvalue weighted by atomic mass is 9.95. The average Bonchev–Trinajstić information content (AvgIpc) is 3.63. The van der Waals surface area contributed by atoms with E-state index >= 15 is 8.78 Å². The van der Waals surface area contributed by atoms with Gasteiger partial charge in [0.2, 0.25) is 5.91 Å². The zero-order valence-corrected chi connectivity index (χ0v) is 21.3. The van der Waals surface area contributed by atoms with Crippen molar-refractivity contribution in [2.45, 2.75) is 37.0 Å². The van der Waals surface area contributed by atoms with Crippen molar-refractivity contribution >= 4 is 22.5 Å². The predicted octanol–water partition coefficient (Wildman–Crippen LogP) is 3.04. The smallest absolute Gasteiger partial charge is 0.418 e. The standard InChI is InChI=1S/C27H24F5N3O6/c28-15-5-13(12-1-3-35(4-2-12)22(38)9-36)6-16(29)23(15)24-14(27(30,31)32)7-17-18(34-24)8-21(33-17)41-20-11-40-25-19(37)10-39-26(20)25/h1,5-8,19-20,25-26,33,36-37H,2-4,9-11H2/t19?,20-,25-,26-/m1/s1. The summed E-state index contributed by atoms with van der Waals surface area (Å²) in [7, 11) is 0. The highest BCUT2D eigenvalue weighted by Crippen LogP contribution is 2.41. The molecule has 6 rings (SSSR count). The van der Waals surface area contributed by atoms with Crippen molar-refractivity contribution in [2.24, 2.45) is 0 Å². The van der Waals surface area contributed by atoms with Gasteiger partial charge in [0.15, 0.2) is 12.0 Å². The van der Waals surface area contributed by atoms with E-state index in [-0.39, 0.29) is 55.2 Å². The van der Waals surface area contributed by atoms with Gasteiger partial charge in [0.1, 0.15) is 36.6 Å². The number of carbonyl (C=O) groups excluding carboxylic acids is 1. The normalized spacial score (nSPS) is 24.6. The van der Waals surface area contributed by atoms with E-state index in [1.54, 1.807) is 6.08 Å². The van der Waals surface area contributed by atoms with Gasteiger partial charge in [0.05, 0.1) is 41.1 Å². The third-order valence-electron chi connectivity index (χ3n) is 7.49. The number of fused-ring (bicyclic) bond motifs is 2. The number of aliphatic hydroxyl groups is 2. The molecule has 9 nitrogen and oxygen atoms in total. The molecule has 3 aliphatic rings. The summed E-state index contributed by atoms with van der Waals surface area (Å²) < 4.78 is 89.8. The number of alkyl halides is 3. The number of rotatable bonds is 5. The third kappa shape index (κ3) is 5.05. The molecular weight excluding hydrogens is 557 g/mol. The minimum absolute atomic E-state index is 0.0163. The lowest BCUT2D eigenvalue weighted by Crippen LogP contribution is -2.36. The Morgan fingerprint density at radius 1 is 1.12 bits per heavy atom. The van der Waals surface area contributed by atoms with Gasteiger partial charge in [-0.05, 0) is 35.8 Å². The van der Waals surface area contributed by atoms with E-state index in [0.717, 1.165) is 18.2 Å². The Morgan fingerprint density at radius 3 is 2.51 bits per heavy atom. The highest BCUT2D eigenvalue weighted by molar-refractivity contribution is 5.84. The van der Waals surface area contributed by atoms with Gasteiger partial charge in [-0.2, -0.15) is 13.2 Å². The van der Waals surface area contributed by atoms with Crippen molar-refractivity contribution < 1.29 is 51.2 Å². The maximum Gasteiger partial charge on any atom is 0.418 e. The second kappa shape index (κ2) is 10.4. The SMILES string of the molecule is O=C(CO)N1CC=C(c2cc(F)c(-c3nc4cc(O[C@@H]5CO[C@@H]6C(O)CO[C@@H]65)[nH]c4cc3C(F)(F)F)c(F)c2)CC1. The number of pyridine rings is 1. The van der Waals surface area contributed by atoms with Crippen LogP contribution in [0.15, 0.2) is 30.3 Å². The van der Waals surface area contributed by atoms with Crippen molar-refractivity contribution in [1.82, 2.24) is 14.9 Å².